The van der Waals surface area contributed by atoms with Crippen LogP contribution in [-0.2, 0) is 14.4 Å². The maximum Gasteiger partial charge on any atom is 0.245 e. The molecule has 0 aromatic carbocycles. The van der Waals surface area contributed by atoms with E-state index >= 15 is 0 Å². The van der Waals surface area contributed by atoms with Crippen molar-refractivity contribution in [2.45, 2.75) is 70.8 Å². The SMILES string of the molecule is CCCCC[C@H](CC(=O)NO)C(=O)N1CCC[C@@H]1C(=O)N1CCCC1. The monoisotopic (exact) mass is 353 g/mol. The number of carbonyl (C=O) groups is 3. The van der Waals surface area contributed by atoms with Gasteiger partial charge >= 0.3 is 0 Å². The van der Waals surface area contributed by atoms with Gasteiger partial charge in [0, 0.05) is 32.0 Å². The summed E-state index contributed by atoms with van der Waals surface area (Å²) in [6.07, 6.45) is 7.07. The van der Waals surface area contributed by atoms with Crippen LogP contribution in [0, 0.1) is 5.92 Å². The molecule has 25 heavy (non-hydrogen) atoms. The molecule has 142 valence electrons. The van der Waals surface area contributed by atoms with Crippen molar-refractivity contribution in [1.29, 1.82) is 0 Å². The number of hydrogen-bond donors (Lipinski definition) is 2. The van der Waals surface area contributed by atoms with Gasteiger partial charge in [-0.15, -0.1) is 0 Å². The van der Waals surface area contributed by atoms with Gasteiger partial charge in [0.1, 0.15) is 6.04 Å². The highest BCUT2D eigenvalue weighted by molar-refractivity contribution is 5.91. The van der Waals surface area contributed by atoms with Crippen LogP contribution in [0.5, 0.6) is 0 Å². The van der Waals surface area contributed by atoms with Gasteiger partial charge in [-0.1, -0.05) is 26.2 Å². The second-order valence-electron chi connectivity index (χ2n) is 7.15. The minimum atomic E-state index is -0.545. The molecule has 2 heterocycles. The van der Waals surface area contributed by atoms with Crippen molar-refractivity contribution < 1.29 is 19.6 Å². The van der Waals surface area contributed by atoms with Crippen molar-refractivity contribution in [3.05, 3.63) is 0 Å². The van der Waals surface area contributed by atoms with Crippen molar-refractivity contribution in [3.8, 4) is 0 Å². The molecule has 0 spiro atoms. The Morgan fingerprint density at radius 1 is 1.12 bits per heavy atom. The van der Waals surface area contributed by atoms with Crippen LogP contribution in [0.1, 0.15) is 64.7 Å². The van der Waals surface area contributed by atoms with Crippen LogP contribution in [0.25, 0.3) is 0 Å². The largest absolute Gasteiger partial charge is 0.341 e. The predicted molar refractivity (Wildman–Crippen MR) is 92.7 cm³/mol. The second kappa shape index (κ2) is 9.75. The van der Waals surface area contributed by atoms with Gasteiger partial charge in [0.15, 0.2) is 0 Å². The summed E-state index contributed by atoms with van der Waals surface area (Å²) in [4.78, 5) is 40.9. The molecule has 0 bridgehead atoms. The average molecular weight is 353 g/mol. The van der Waals surface area contributed by atoms with E-state index in [9.17, 15) is 14.4 Å². The van der Waals surface area contributed by atoms with E-state index < -0.39 is 11.8 Å². The lowest BCUT2D eigenvalue weighted by Crippen LogP contribution is -2.49. The number of nitrogens with zero attached hydrogens (tertiary/aromatic N) is 2. The van der Waals surface area contributed by atoms with E-state index in [0.717, 1.165) is 51.6 Å². The first-order chi connectivity index (χ1) is 12.1. The van der Waals surface area contributed by atoms with Crippen molar-refractivity contribution in [2.24, 2.45) is 5.92 Å². The van der Waals surface area contributed by atoms with E-state index in [1.54, 1.807) is 10.4 Å². The van der Waals surface area contributed by atoms with Crippen molar-refractivity contribution in [3.63, 3.8) is 0 Å². The molecule has 0 radical (unpaired) electrons. The van der Waals surface area contributed by atoms with Gasteiger partial charge in [-0.05, 0) is 32.1 Å². The molecule has 2 rings (SSSR count). The molecule has 0 unspecified atom stereocenters. The standard InChI is InChI=1S/C18H31N3O4/c1-2-3-4-8-14(13-16(22)19-25)17(23)21-12-7-9-15(21)18(24)20-10-5-6-11-20/h14-15,25H,2-13H2,1H3,(H,19,22)/t14-,15-/m1/s1. The molecule has 7 heteroatoms. The highest BCUT2D eigenvalue weighted by Gasteiger charge is 2.39. The van der Waals surface area contributed by atoms with E-state index in [1.807, 2.05) is 4.90 Å². The third kappa shape index (κ3) is 5.17. The molecule has 0 saturated carbocycles. The van der Waals surface area contributed by atoms with Crippen molar-refractivity contribution in [2.75, 3.05) is 19.6 Å². The molecule has 2 saturated heterocycles. The predicted octanol–water partition coefficient (Wildman–Crippen LogP) is 1.69. The molecule has 0 aromatic heterocycles. The Bertz CT molecular complexity index is 477. The molecule has 0 aliphatic carbocycles. The first-order valence-corrected chi connectivity index (χ1v) is 9.60. The first kappa shape index (κ1) is 19.7. The zero-order valence-electron chi connectivity index (χ0n) is 15.2. The van der Waals surface area contributed by atoms with Crippen LogP contribution in [-0.4, -0.2) is 58.4 Å². The molecule has 2 aliphatic heterocycles. The molecular weight excluding hydrogens is 322 g/mol. The van der Waals surface area contributed by atoms with E-state index in [4.69, 9.17) is 5.21 Å². The summed E-state index contributed by atoms with van der Waals surface area (Å²) in [6.45, 7) is 4.23. The summed E-state index contributed by atoms with van der Waals surface area (Å²) in [5.74, 6) is -1.07. The normalized spacial score (nSPS) is 21.4. The lowest BCUT2D eigenvalue weighted by atomic mass is 9.95. The lowest BCUT2D eigenvalue weighted by Gasteiger charge is -2.30. The van der Waals surface area contributed by atoms with Gasteiger partial charge in [0.05, 0.1) is 0 Å². The Hall–Kier alpha value is -1.63. The molecule has 3 amide bonds. The Balaban J connectivity index is 2.03. The van der Waals surface area contributed by atoms with E-state index in [1.165, 1.54) is 0 Å². The zero-order valence-corrected chi connectivity index (χ0v) is 15.2. The quantitative estimate of drug-likeness (QED) is 0.395. The number of likely N-dealkylation sites (tertiary alicyclic amines) is 2. The third-order valence-corrected chi connectivity index (χ3v) is 5.30. The number of hydroxylamine groups is 1. The molecule has 0 aromatic rings. The summed E-state index contributed by atoms with van der Waals surface area (Å²) in [7, 11) is 0. The molecule has 7 nitrogen and oxygen atoms in total. The summed E-state index contributed by atoms with van der Waals surface area (Å²) in [6, 6.07) is -0.378. The molecule has 2 atom stereocenters. The molecule has 2 fully saturated rings. The molecular formula is C18H31N3O4. The smallest absolute Gasteiger partial charge is 0.245 e. The van der Waals surface area contributed by atoms with Crippen molar-refractivity contribution >= 4 is 17.7 Å². The summed E-state index contributed by atoms with van der Waals surface area (Å²) in [5, 5.41) is 8.80. The average Bonchev–Trinajstić information content (AvgIpc) is 3.31. The number of rotatable bonds is 8. The van der Waals surface area contributed by atoms with Gasteiger partial charge in [-0.3, -0.25) is 19.6 Å². The molecule has 2 aliphatic rings. The number of hydrogen-bond acceptors (Lipinski definition) is 4. The van der Waals surface area contributed by atoms with Crippen LogP contribution < -0.4 is 5.48 Å². The minimum absolute atomic E-state index is 0.0276. The number of unbranched alkanes of at least 4 members (excludes halogenated alkanes) is 2. The second-order valence-corrected chi connectivity index (χ2v) is 7.15. The van der Waals surface area contributed by atoms with Gasteiger partial charge in [0.2, 0.25) is 17.7 Å². The van der Waals surface area contributed by atoms with Crippen LogP contribution in [0.15, 0.2) is 0 Å². The Labute approximate surface area is 149 Å². The number of nitrogens with one attached hydrogen (secondary N) is 1. The summed E-state index contributed by atoms with van der Waals surface area (Å²) < 4.78 is 0. The lowest BCUT2D eigenvalue weighted by molar-refractivity contribution is -0.147. The topological polar surface area (TPSA) is 90.0 Å². The van der Waals surface area contributed by atoms with E-state index in [-0.39, 0.29) is 24.3 Å². The highest BCUT2D eigenvalue weighted by atomic mass is 16.5. The van der Waals surface area contributed by atoms with Crippen LogP contribution in [0.2, 0.25) is 0 Å². The van der Waals surface area contributed by atoms with Gasteiger partial charge in [-0.25, -0.2) is 5.48 Å². The van der Waals surface area contributed by atoms with Gasteiger partial charge in [0.25, 0.3) is 0 Å². The third-order valence-electron chi connectivity index (χ3n) is 5.30. The maximum absolute atomic E-state index is 13.0. The number of carbonyl (C=O) groups excluding carboxylic acids is 3. The Kier molecular flexibility index (Phi) is 7.68. The fourth-order valence-corrected chi connectivity index (χ4v) is 3.89. The summed E-state index contributed by atoms with van der Waals surface area (Å²) >= 11 is 0. The van der Waals surface area contributed by atoms with Crippen LogP contribution in [0.3, 0.4) is 0 Å². The van der Waals surface area contributed by atoms with Gasteiger partial charge in [-0.2, -0.15) is 0 Å². The fraction of sp³-hybridized carbons (Fsp3) is 0.833. The zero-order chi connectivity index (χ0) is 18.2. The fourth-order valence-electron chi connectivity index (χ4n) is 3.89. The van der Waals surface area contributed by atoms with Crippen LogP contribution in [0.4, 0.5) is 0 Å². The Morgan fingerprint density at radius 2 is 1.84 bits per heavy atom. The van der Waals surface area contributed by atoms with E-state index in [2.05, 4.69) is 6.92 Å². The number of amides is 3. The highest BCUT2D eigenvalue weighted by Crippen LogP contribution is 2.26. The molecule has 2 N–H and O–H groups in total. The maximum atomic E-state index is 13.0. The van der Waals surface area contributed by atoms with Crippen LogP contribution >= 0.6 is 0 Å². The first-order valence-electron chi connectivity index (χ1n) is 9.60. The van der Waals surface area contributed by atoms with Crippen molar-refractivity contribution in [1.82, 2.24) is 15.3 Å². The van der Waals surface area contributed by atoms with E-state index in [0.29, 0.717) is 19.4 Å². The van der Waals surface area contributed by atoms with Gasteiger partial charge < -0.3 is 9.80 Å². The minimum Gasteiger partial charge on any atom is -0.341 e. The summed E-state index contributed by atoms with van der Waals surface area (Å²) in [5.41, 5.74) is 1.63. The Morgan fingerprint density at radius 3 is 2.48 bits per heavy atom.